The van der Waals surface area contributed by atoms with Crippen LogP contribution in [0.15, 0.2) is 0 Å². The number of likely N-dealkylation sites (N-methyl/N-ethyl adjacent to an activating group) is 1. The Kier molecular flexibility index (Phi) is 9.76. The zero-order chi connectivity index (χ0) is 17.3. The fourth-order valence-electron chi connectivity index (χ4n) is 1.99. The van der Waals surface area contributed by atoms with E-state index < -0.39 is 31.2 Å². The Hall–Kier alpha value is -0.750. The minimum absolute atomic E-state index is 0.113. The van der Waals surface area contributed by atoms with Gasteiger partial charge in [-0.2, -0.15) is 0 Å². The van der Waals surface area contributed by atoms with E-state index in [0.29, 0.717) is 13.1 Å². The van der Waals surface area contributed by atoms with Gasteiger partial charge in [-0.25, -0.2) is 4.79 Å². The molecular weight excluding hydrogens is 309 g/mol. The van der Waals surface area contributed by atoms with Gasteiger partial charge in [0.05, 0.1) is 19.3 Å². The first-order chi connectivity index (χ1) is 10.3. The molecule has 0 saturated carbocycles. The van der Waals surface area contributed by atoms with E-state index in [4.69, 9.17) is 13.8 Å². The van der Waals surface area contributed by atoms with Crippen LogP contribution >= 0.6 is 7.60 Å². The lowest BCUT2D eigenvalue weighted by molar-refractivity contribution is -0.158. The maximum Gasteiger partial charge on any atom is 0.377 e. The van der Waals surface area contributed by atoms with E-state index in [0.717, 1.165) is 0 Å². The predicted octanol–water partition coefficient (Wildman–Crippen LogP) is 2.44. The van der Waals surface area contributed by atoms with Crippen molar-refractivity contribution >= 4 is 19.3 Å². The van der Waals surface area contributed by atoms with Gasteiger partial charge >= 0.3 is 13.6 Å². The van der Waals surface area contributed by atoms with Crippen molar-refractivity contribution in [2.24, 2.45) is 0 Å². The van der Waals surface area contributed by atoms with E-state index in [-0.39, 0.29) is 13.2 Å². The summed E-state index contributed by atoms with van der Waals surface area (Å²) in [5.41, 5.74) is 0. The number of carbonyl (C=O) groups is 2. The smallest absolute Gasteiger partial charge is 0.377 e. The number of esters is 1. The van der Waals surface area contributed by atoms with Crippen LogP contribution in [0.2, 0.25) is 0 Å². The SMILES string of the molecule is CCOP(=O)(OCC)C(C(=O)C(=O)OC(C)C)N(CC)CC. The second-order valence-corrected chi connectivity index (χ2v) is 6.87. The van der Waals surface area contributed by atoms with Gasteiger partial charge < -0.3 is 13.8 Å². The minimum Gasteiger partial charge on any atom is -0.457 e. The highest BCUT2D eigenvalue weighted by molar-refractivity contribution is 7.56. The number of hydrogen-bond donors (Lipinski definition) is 0. The van der Waals surface area contributed by atoms with Gasteiger partial charge in [-0.05, 0) is 40.8 Å². The van der Waals surface area contributed by atoms with Gasteiger partial charge in [0.1, 0.15) is 0 Å². The summed E-state index contributed by atoms with van der Waals surface area (Å²) in [5, 5.41) is 0. The number of rotatable bonds is 11. The Morgan fingerprint density at radius 1 is 1.00 bits per heavy atom. The molecule has 22 heavy (non-hydrogen) atoms. The number of hydrogen-bond acceptors (Lipinski definition) is 7. The van der Waals surface area contributed by atoms with Crippen LogP contribution in [0, 0.1) is 0 Å². The molecule has 0 radical (unpaired) electrons. The molecule has 0 aromatic heterocycles. The first-order valence-corrected chi connectivity index (χ1v) is 9.26. The lowest BCUT2D eigenvalue weighted by Gasteiger charge is -2.32. The van der Waals surface area contributed by atoms with Crippen molar-refractivity contribution < 1.29 is 27.9 Å². The largest absolute Gasteiger partial charge is 0.457 e. The van der Waals surface area contributed by atoms with Crippen LogP contribution in [0.1, 0.15) is 41.5 Å². The van der Waals surface area contributed by atoms with Crippen molar-refractivity contribution in [1.29, 1.82) is 0 Å². The Morgan fingerprint density at radius 2 is 1.45 bits per heavy atom. The summed E-state index contributed by atoms with van der Waals surface area (Å²) in [5.74, 6) is -3.21. The molecular formula is C14H28NO6P. The van der Waals surface area contributed by atoms with Gasteiger partial charge in [-0.3, -0.25) is 14.3 Å². The Morgan fingerprint density at radius 3 is 1.77 bits per heavy atom. The normalized spacial score (nSPS) is 13.5. The van der Waals surface area contributed by atoms with Gasteiger partial charge in [0.15, 0.2) is 5.78 Å². The number of ether oxygens (including phenoxy) is 1. The molecule has 0 aliphatic heterocycles. The van der Waals surface area contributed by atoms with Crippen molar-refractivity contribution in [1.82, 2.24) is 4.90 Å². The molecule has 0 heterocycles. The highest BCUT2D eigenvalue weighted by Gasteiger charge is 2.47. The van der Waals surface area contributed by atoms with E-state index in [1.807, 2.05) is 0 Å². The molecule has 130 valence electrons. The maximum absolute atomic E-state index is 13.0. The van der Waals surface area contributed by atoms with Crippen LogP contribution in [0.5, 0.6) is 0 Å². The van der Waals surface area contributed by atoms with Crippen molar-refractivity contribution in [3.63, 3.8) is 0 Å². The minimum atomic E-state index is -3.80. The monoisotopic (exact) mass is 337 g/mol. The summed E-state index contributed by atoms with van der Waals surface area (Å²) in [6, 6.07) is 0. The molecule has 7 nitrogen and oxygen atoms in total. The third kappa shape index (κ3) is 5.80. The van der Waals surface area contributed by atoms with Gasteiger partial charge in [0, 0.05) is 0 Å². The number of ketones is 1. The van der Waals surface area contributed by atoms with Crippen LogP contribution in [-0.2, 0) is 27.9 Å². The highest BCUT2D eigenvalue weighted by atomic mass is 31.2. The first-order valence-electron chi connectivity index (χ1n) is 7.64. The number of carbonyl (C=O) groups excluding carboxylic acids is 2. The summed E-state index contributed by atoms with van der Waals surface area (Å²) in [7, 11) is -3.80. The van der Waals surface area contributed by atoms with Gasteiger partial charge in [-0.15, -0.1) is 0 Å². The number of nitrogens with zero attached hydrogens (tertiary/aromatic N) is 1. The molecule has 0 aromatic rings. The van der Waals surface area contributed by atoms with E-state index in [1.165, 1.54) is 0 Å². The second kappa shape index (κ2) is 10.1. The lowest BCUT2D eigenvalue weighted by atomic mass is 10.3. The average molecular weight is 337 g/mol. The molecule has 0 aliphatic carbocycles. The summed E-state index contributed by atoms with van der Waals surface area (Å²) >= 11 is 0. The molecule has 0 fully saturated rings. The Labute approximate surface area is 132 Å². The van der Waals surface area contributed by atoms with Crippen molar-refractivity contribution in [2.75, 3.05) is 26.3 Å². The topological polar surface area (TPSA) is 82.1 Å². The molecule has 0 saturated heterocycles. The van der Waals surface area contributed by atoms with Gasteiger partial charge in [0.2, 0.25) is 0 Å². The molecule has 0 bridgehead atoms. The van der Waals surface area contributed by atoms with Crippen molar-refractivity contribution in [2.45, 2.75) is 53.4 Å². The summed E-state index contributed by atoms with van der Waals surface area (Å²) < 4.78 is 28.4. The summed E-state index contributed by atoms with van der Waals surface area (Å²) in [6.45, 7) is 11.3. The van der Waals surface area contributed by atoms with Crippen LogP contribution < -0.4 is 0 Å². The zero-order valence-electron chi connectivity index (χ0n) is 14.3. The predicted molar refractivity (Wildman–Crippen MR) is 83.8 cm³/mol. The fourth-order valence-corrected chi connectivity index (χ4v) is 4.19. The lowest BCUT2D eigenvalue weighted by Crippen LogP contribution is -2.45. The molecule has 8 heteroatoms. The van der Waals surface area contributed by atoms with Crippen molar-refractivity contribution in [3.8, 4) is 0 Å². The molecule has 0 rings (SSSR count). The van der Waals surface area contributed by atoms with Crippen LogP contribution in [0.25, 0.3) is 0 Å². The molecule has 0 aliphatic rings. The van der Waals surface area contributed by atoms with E-state index >= 15 is 0 Å². The van der Waals surface area contributed by atoms with Gasteiger partial charge in [-0.1, -0.05) is 13.8 Å². The van der Waals surface area contributed by atoms with E-state index in [1.54, 1.807) is 46.4 Å². The highest BCUT2D eigenvalue weighted by Crippen LogP contribution is 2.54. The summed E-state index contributed by atoms with van der Waals surface area (Å²) in [4.78, 5) is 26.0. The quantitative estimate of drug-likeness (QED) is 0.325. The molecule has 0 aromatic carbocycles. The van der Waals surface area contributed by atoms with Crippen molar-refractivity contribution in [3.05, 3.63) is 0 Å². The van der Waals surface area contributed by atoms with Crippen LogP contribution in [-0.4, -0.2) is 54.8 Å². The van der Waals surface area contributed by atoms with E-state index in [2.05, 4.69) is 0 Å². The molecule has 1 unspecified atom stereocenters. The first kappa shape index (κ1) is 21.2. The maximum atomic E-state index is 13.0. The molecule has 0 N–H and O–H groups in total. The molecule has 0 amide bonds. The zero-order valence-corrected chi connectivity index (χ0v) is 15.2. The van der Waals surface area contributed by atoms with Crippen LogP contribution in [0.3, 0.4) is 0 Å². The standard InChI is InChI=1S/C14H28NO6P/c1-7-15(8-2)13(12(16)14(17)21-11(5)6)22(18,19-9-3)20-10-4/h11,13H,7-10H2,1-6H3. The molecule has 1 atom stereocenters. The fraction of sp³-hybridized carbons (Fsp3) is 0.857. The average Bonchev–Trinajstić information content (AvgIpc) is 2.43. The third-order valence-corrected chi connectivity index (χ3v) is 5.25. The Balaban J connectivity index is 5.65. The Bertz CT molecular complexity index is 398. The second-order valence-electron chi connectivity index (χ2n) is 4.79. The van der Waals surface area contributed by atoms with Gasteiger partial charge in [0.25, 0.3) is 5.78 Å². The van der Waals surface area contributed by atoms with E-state index in [9.17, 15) is 14.2 Å². The third-order valence-electron chi connectivity index (χ3n) is 2.85. The summed E-state index contributed by atoms with van der Waals surface area (Å²) in [6.07, 6.45) is -0.438. The van der Waals surface area contributed by atoms with Crippen LogP contribution in [0.4, 0.5) is 0 Å². The molecule has 0 spiro atoms. The number of Topliss-reactive ketones (excluding diaryl/α,β-unsaturated/α-hetero) is 1.